The van der Waals surface area contributed by atoms with Gasteiger partial charge in [0.05, 0.1) is 7.11 Å². The predicted octanol–water partition coefficient (Wildman–Crippen LogP) is 5.34. The van der Waals surface area contributed by atoms with E-state index in [9.17, 15) is 4.79 Å². The quantitative estimate of drug-likeness (QED) is 0.540. The standard InChI is InChI=1S/C25H29N3O3/c1-17-9-10-18(2)22(15-17)25(29)28(20-7-5-4-6-8-20)16-23-26-24(27-31-23)19-11-13-21(30-3)14-12-19/h9-15,20H,4-8,16H2,1-3H3. The molecule has 31 heavy (non-hydrogen) atoms. The fraction of sp³-hybridized carbons (Fsp3) is 0.400. The Bertz CT molecular complexity index is 1040. The van der Waals surface area contributed by atoms with Gasteiger partial charge in [-0.05, 0) is 62.6 Å². The molecule has 3 aromatic rings. The fourth-order valence-electron chi connectivity index (χ4n) is 4.20. The Labute approximate surface area is 183 Å². The van der Waals surface area contributed by atoms with Gasteiger partial charge >= 0.3 is 0 Å². The molecule has 0 bridgehead atoms. The molecular weight excluding hydrogens is 390 g/mol. The van der Waals surface area contributed by atoms with Gasteiger partial charge in [-0.1, -0.05) is 42.1 Å². The van der Waals surface area contributed by atoms with E-state index in [1.165, 1.54) is 6.42 Å². The molecule has 0 spiro atoms. The maximum absolute atomic E-state index is 13.6. The van der Waals surface area contributed by atoms with Gasteiger partial charge in [0.1, 0.15) is 12.3 Å². The lowest BCUT2D eigenvalue weighted by Crippen LogP contribution is -2.41. The zero-order valence-corrected chi connectivity index (χ0v) is 18.4. The number of carbonyl (C=O) groups excluding carboxylic acids is 1. The summed E-state index contributed by atoms with van der Waals surface area (Å²) in [5.41, 5.74) is 3.67. The number of rotatable bonds is 6. The molecule has 0 radical (unpaired) electrons. The van der Waals surface area contributed by atoms with Crippen molar-refractivity contribution in [2.45, 2.75) is 58.5 Å². The summed E-state index contributed by atoms with van der Waals surface area (Å²) in [7, 11) is 1.63. The number of carbonyl (C=O) groups is 1. The third-order valence-electron chi connectivity index (χ3n) is 6.02. The van der Waals surface area contributed by atoms with Gasteiger partial charge in [0.2, 0.25) is 11.7 Å². The van der Waals surface area contributed by atoms with Crippen LogP contribution < -0.4 is 4.74 Å². The van der Waals surface area contributed by atoms with Crippen molar-refractivity contribution in [2.75, 3.05) is 7.11 Å². The van der Waals surface area contributed by atoms with E-state index in [1.54, 1.807) is 7.11 Å². The van der Waals surface area contributed by atoms with Crippen LogP contribution >= 0.6 is 0 Å². The van der Waals surface area contributed by atoms with Crippen LogP contribution in [0.25, 0.3) is 11.4 Å². The molecular formula is C25H29N3O3. The third-order valence-corrected chi connectivity index (χ3v) is 6.02. The molecule has 4 rings (SSSR count). The molecule has 1 fully saturated rings. The number of ether oxygens (including phenoxy) is 1. The van der Waals surface area contributed by atoms with Crippen molar-refractivity contribution in [3.8, 4) is 17.1 Å². The van der Waals surface area contributed by atoms with E-state index < -0.39 is 0 Å². The summed E-state index contributed by atoms with van der Waals surface area (Å²) >= 11 is 0. The first-order valence-electron chi connectivity index (χ1n) is 10.9. The van der Waals surface area contributed by atoms with Crippen molar-refractivity contribution in [3.63, 3.8) is 0 Å². The zero-order valence-electron chi connectivity index (χ0n) is 18.4. The third kappa shape index (κ3) is 4.79. The Morgan fingerprint density at radius 2 is 1.84 bits per heavy atom. The van der Waals surface area contributed by atoms with E-state index in [2.05, 4.69) is 10.1 Å². The molecule has 2 aromatic carbocycles. The van der Waals surface area contributed by atoms with Crippen LogP contribution in [0.2, 0.25) is 0 Å². The Kier molecular flexibility index (Phi) is 6.35. The normalized spacial score (nSPS) is 14.4. The van der Waals surface area contributed by atoms with E-state index >= 15 is 0 Å². The minimum atomic E-state index is 0.0392. The summed E-state index contributed by atoms with van der Waals surface area (Å²) < 4.78 is 10.8. The number of nitrogens with zero attached hydrogens (tertiary/aromatic N) is 3. The first-order chi connectivity index (χ1) is 15.0. The van der Waals surface area contributed by atoms with Gasteiger partial charge in [-0.3, -0.25) is 4.79 Å². The Morgan fingerprint density at radius 1 is 1.10 bits per heavy atom. The van der Waals surface area contributed by atoms with Gasteiger partial charge in [-0.2, -0.15) is 4.98 Å². The topological polar surface area (TPSA) is 68.5 Å². The highest BCUT2D eigenvalue weighted by Crippen LogP contribution is 2.27. The molecule has 0 atom stereocenters. The molecule has 1 amide bonds. The van der Waals surface area contributed by atoms with Crippen molar-refractivity contribution in [2.24, 2.45) is 0 Å². The Balaban J connectivity index is 1.59. The molecule has 0 unspecified atom stereocenters. The first kappa shape index (κ1) is 21.1. The molecule has 1 heterocycles. The highest BCUT2D eigenvalue weighted by atomic mass is 16.5. The van der Waals surface area contributed by atoms with Crippen LogP contribution in [-0.4, -0.2) is 34.1 Å². The fourth-order valence-corrected chi connectivity index (χ4v) is 4.20. The largest absolute Gasteiger partial charge is 0.497 e. The van der Waals surface area contributed by atoms with Gasteiger partial charge in [0, 0.05) is 17.2 Å². The van der Waals surface area contributed by atoms with Gasteiger partial charge in [0.15, 0.2) is 0 Å². The number of hydrogen-bond acceptors (Lipinski definition) is 5. The lowest BCUT2D eigenvalue weighted by Gasteiger charge is -2.34. The summed E-state index contributed by atoms with van der Waals surface area (Å²) in [6.07, 6.45) is 5.53. The number of hydrogen-bond donors (Lipinski definition) is 0. The van der Waals surface area contributed by atoms with Crippen molar-refractivity contribution < 1.29 is 14.1 Å². The number of aryl methyl sites for hydroxylation is 2. The molecule has 0 aliphatic heterocycles. The van der Waals surface area contributed by atoms with E-state index in [4.69, 9.17) is 9.26 Å². The number of methoxy groups -OCH3 is 1. The van der Waals surface area contributed by atoms with E-state index in [-0.39, 0.29) is 11.9 Å². The average Bonchev–Trinajstić information content (AvgIpc) is 3.28. The second-order valence-electron chi connectivity index (χ2n) is 8.28. The second kappa shape index (κ2) is 9.33. The van der Waals surface area contributed by atoms with E-state index in [0.717, 1.165) is 53.7 Å². The lowest BCUT2D eigenvalue weighted by atomic mass is 9.93. The molecule has 1 aromatic heterocycles. The Hall–Kier alpha value is -3.15. The molecule has 1 aliphatic carbocycles. The summed E-state index contributed by atoms with van der Waals surface area (Å²) in [6, 6.07) is 13.7. The second-order valence-corrected chi connectivity index (χ2v) is 8.28. The van der Waals surface area contributed by atoms with Crippen molar-refractivity contribution in [1.29, 1.82) is 0 Å². The minimum absolute atomic E-state index is 0.0392. The van der Waals surface area contributed by atoms with Gasteiger partial charge in [0.25, 0.3) is 5.91 Å². The van der Waals surface area contributed by atoms with Gasteiger partial charge in [-0.15, -0.1) is 0 Å². The monoisotopic (exact) mass is 419 g/mol. The van der Waals surface area contributed by atoms with Crippen LogP contribution in [0, 0.1) is 13.8 Å². The highest BCUT2D eigenvalue weighted by molar-refractivity contribution is 5.96. The molecule has 1 aliphatic rings. The zero-order chi connectivity index (χ0) is 21.8. The number of amides is 1. The lowest BCUT2D eigenvalue weighted by molar-refractivity contribution is 0.0585. The molecule has 0 saturated heterocycles. The van der Waals surface area contributed by atoms with Crippen LogP contribution in [0.3, 0.4) is 0 Å². The van der Waals surface area contributed by atoms with Crippen molar-refractivity contribution in [1.82, 2.24) is 15.0 Å². The van der Waals surface area contributed by atoms with Crippen LogP contribution in [0.15, 0.2) is 47.0 Å². The number of benzene rings is 2. The van der Waals surface area contributed by atoms with Crippen LogP contribution in [0.4, 0.5) is 0 Å². The molecule has 1 saturated carbocycles. The van der Waals surface area contributed by atoms with Gasteiger partial charge < -0.3 is 14.2 Å². The average molecular weight is 420 g/mol. The van der Waals surface area contributed by atoms with Crippen LogP contribution in [0.1, 0.15) is 59.5 Å². The Morgan fingerprint density at radius 3 is 2.55 bits per heavy atom. The maximum Gasteiger partial charge on any atom is 0.254 e. The molecule has 6 heteroatoms. The minimum Gasteiger partial charge on any atom is -0.497 e. The van der Waals surface area contributed by atoms with Crippen molar-refractivity contribution in [3.05, 3.63) is 65.0 Å². The van der Waals surface area contributed by atoms with Crippen LogP contribution in [-0.2, 0) is 6.54 Å². The summed E-state index contributed by atoms with van der Waals surface area (Å²) in [5.74, 6) is 1.78. The summed E-state index contributed by atoms with van der Waals surface area (Å²) in [5, 5.41) is 4.14. The maximum atomic E-state index is 13.6. The van der Waals surface area contributed by atoms with Gasteiger partial charge in [-0.25, -0.2) is 0 Å². The SMILES string of the molecule is COc1ccc(-c2noc(CN(C(=O)c3cc(C)ccc3C)C3CCCCC3)n2)cc1. The summed E-state index contributed by atoms with van der Waals surface area (Å²) in [6.45, 7) is 4.32. The summed E-state index contributed by atoms with van der Waals surface area (Å²) in [4.78, 5) is 20.1. The van der Waals surface area contributed by atoms with Crippen molar-refractivity contribution >= 4 is 5.91 Å². The smallest absolute Gasteiger partial charge is 0.254 e. The van der Waals surface area contributed by atoms with E-state index in [0.29, 0.717) is 18.3 Å². The molecule has 0 N–H and O–H groups in total. The number of aromatic nitrogens is 2. The highest BCUT2D eigenvalue weighted by Gasteiger charge is 2.29. The molecule has 162 valence electrons. The molecule has 6 nitrogen and oxygen atoms in total. The first-order valence-corrected chi connectivity index (χ1v) is 10.9. The predicted molar refractivity (Wildman–Crippen MR) is 119 cm³/mol. The van der Waals surface area contributed by atoms with Crippen LogP contribution in [0.5, 0.6) is 5.75 Å². The van der Waals surface area contributed by atoms with E-state index in [1.807, 2.05) is 61.2 Å².